The number of piperidine rings is 1. The zero-order valence-corrected chi connectivity index (χ0v) is 15.0. The molecule has 1 aliphatic heterocycles. The third-order valence-corrected chi connectivity index (χ3v) is 5.16. The molecule has 1 unspecified atom stereocenters. The number of hydrogen-bond donors (Lipinski definition) is 2. The fourth-order valence-electron chi connectivity index (χ4n) is 3.10. The molecule has 0 bridgehead atoms. The van der Waals surface area contributed by atoms with Crippen molar-refractivity contribution in [1.29, 1.82) is 0 Å². The number of urea groups is 1. The van der Waals surface area contributed by atoms with Gasteiger partial charge in [-0.3, -0.25) is 0 Å². The number of hydrogen-bond acceptors (Lipinski definition) is 3. The Kier molecular flexibility index (Phi) is 6.49. The van der Waals surface area contributed by atoms with Crippen LogP contribution in [0.25, 0.3) is 0 Å². The molecule has 1 saturated heterocycles. The standard InChI is InChI=1S/C19H30N2O3/c1-4-19(14-22)9-11-21(12-10-19)18(23)20-13-16(3)24-17-8-6-5-7-15(17)2/h5-8,16,22H,4,9-14H2,1-3H3,(H,20,23). The van der Waals surface area contributed by atoms with Crippen molar-refractivity contribution in [2.24, 2.45) is 5.41 Å². The summed E-state index contributed by atoms with van der Waals surface area (Å²) in [4.78, 5) is 14.1. The first kappa shape index (κ1) is 18.6. The van der Waals surface area contributed by atoms with Crippen LogP contribution in [0.5, 0.6) is 5.75 Å². The van der Waals surface area contributed by atoms with Crippen molar-refractivity contribution in [2.45, 2.75) is 46.1 Å². The van der Waals surface area contributed by atoms with Gasteiger partial charge in [0.05, 0.1) is 6.54 Å². The molecule has 1 heterocycles. The fraction of sp³-hybridized carbons (Fsp3) is 0.632. The van der Waals surface area contributed by atoms with Gasteiger partial charge in [0, 0.05) is 19.7 Å². The summed E-state index contributed by atoms with van der Waals surface area (Å²) in [6.07, 6.45) is 2.60. The van der Waals surface area contributed by atoms with E-state index in [1.807, 2.05) is 43.0 Å². The number of aliphatic hydroxyl groups excluding tert-OH is 1. The highest BCUT2D eigenvalue weighted by Gasteiger charge is 2.33. The summed E-state index contributed by atoms with van der Waals surface area (Å²) in [5.74, 6) is 0.855. The van der Waals surface area contributed by atoms with Crippen molar-refractivity contribution in [3.63, 3.8) is 0 Å². The zero-order valence-electron chi connectivity index (χ0n) is 15.0. The van der Waals surface area contributed by atoms with Crippen LogP contribution in [-0.2, 0) is 0 Å². The van der Waals surface area contributed by atoms with Crippen molar-refractivity contribution in [3.05, 3.63) is 29.8 Å². The summed E-state index contributed by atoms with van der Waals surface area (Å²) in [6, 6.07) is 7.83. The first-order chi connectivity index (χ1) is 11.5. The van der Waals surface area contributed by atoms with Gasteiger partial charge >= 0.3 is 6.03 Å². The molecule has 0 aromatic heterocycles. The normalized spacial score (nSPS) is 18.1. The van der Waals surface area contributed by atoms with Crippen LogP contribution in [0.4, 0.5) is 4.79 Å². The lowest BCUT2D eigenvalue weighted by Crippen LogP contribution is -2.49. The molecular weight excluding hydrogens is 304 g/mol. The van der Waals surface area contributed by atoms with Crippen LogP contribution < -0.4 is 10.1 Å². The second-order valence-corrected chi connectivity index (χ2v) is 6.88. The average molecular weight is 334 g/mol. The summed E-state index contributed by atoms with van der Waals surface area (Å²) in [7, 11) is 0. The molecular formula is C19H30N2O3. The monoisotopic (exact) mass is 334 g/mol. The number of likely N-dealkylation sites (tertiary alicyclic amines) is 1. The van der Waals surface area contributed by atoms with Gasteiger partial charge in [-0.15, -0.1) is 0 Å². The van der Waals surface area contributed by atoms with Gasteiger partial charge in [0.15, 0.2) is 0 Å². The molecule has 5 heteroatoms. The molecule has 1 atom stereocenters. The van der Waals surface area contributed by atoms with Crippen molar-refractivity contribution in [1.82, 2.24) is 10.2 Å². The van der Waals surface area contributed by atoms with Crippen LogP contribution in [0.3, 0.4) is 0 Å². The highest BCUT2D eigenvalue weighted by molar-refractivity contribution is 5.74. The van der Waals surface area contributed by atoms with Gasteiger partial charge in [0.25, 0.3) is 0 Å². The van der Waals surface area contributed by atoms with Crippen molar-refractivity contribution in [2.75, 3.05) is 26.2 Å². The Balaban J connectivity index is 1.76. The van der Waals surface area contributed by atoms with Crippen LogP contribution >= 0.6 is 0 Å². The Morgan fingerprint density at radius 2 is 2.04 bits per heavy atom. The first-order valence-electron chi connectivity index (χ1n) is 8.85. The van der Waals surface area contributed by atoms with Gasteiger partial charge < -0.3 is 20.1 Å². The Hall–Kier alpha value is -1.75. The van der Waals surface area contributed by atoms with Gasteiger partial charge in [-0.2, -0.15) is 0 Å². The highest BCUT2D eigenvalue weighted by atomic mass is 16.5. The number of rotatable bonds is 6. The van der Waals surface area contributed by atoms with E-state index < -0.39 is 0 Å². The minimum Gasteiger partial charge on any atom is -0.489 e. The second kappa shape index (κ2) is 8.38. The maximum atomic E-state index is 12.3. The summed E-state index contributed by atoms with van der Waals surface area (Å²) in [6.45, 7) is 8.16. The molecule has 2 rings (SSSR count). The topological polar surface area (TPSA) is 61.8 Å². The molecule has 0 radical (unpaired) electrons. The van der Waals surface area contributed by atoms with Gasteiger partial charge in [0.1, 0.15) is 11.9 Å². The Bertz CT molecular complexity index is 533. The first-order valence-corrected chi connectivity index (χ1v) is 8.85. The van der Waals surface area contributed by atoms with Crippen LogP contribution in [0.1, 0.15) is 38.7 Å². The molecule has 1 aromatic rings. The minimum absolute atomic E-state index is 0.00197. The lowest BCUT2D eigenvalue weighted by molar-refractivity contribution is 0.0515. The second-order valence-electron chi connectivity index (χ2n) is 6.88. The maximum absolute atomic E-state index is 12.3. The minimum atomic E-state index is -0.0907. The van der Waals surface area contributed by atoms with Crippen LogP contribution in [0.2, 0.25) is 0 Å². The Morgan fingerprint density at radius 1 is 1.38 bits per heavy atom. The number of nitrogens with one attached hydrogen (secondary N) is 1. The quantitative estimate of drug-likeness (QED) is 0.841. The molecule has 0 spiro atoms. The third kappa shape index (κ3) is 4.63. The summed E-state index contributed by atoms with van der Waals surface area (Å²) < 4.78 is 5.88. The lowest BCUT2D eigenvalue weighted by atomic mass is 9.77. The van der Waals surface area contributed by atoms with Crippen LogP contribution in [-0.4, -0.2) is 48.4 Å². The lowest BCUT2D eigenvalue weighted by Gasteiger charge is -2.40. The van der Waals surface area contributed by atoms with Gasteiger partial charge in [-0.1, -0.05) is 25.1 Å². The number of amides is 2. The van der Waals surface area contributed by atoms with E-state index in [9.17, 15) is 9.90 Å². The number of carbonyl (C=O) groups excluding carboxylic acids is 1. The Morgan fingerprint density at radius 3 is 2.62 bits per heavy atom. The summed E-state index contributed by atoms with van der Waals surface area (Å²) >= 11 is 0. The number of ether oxygens (including phenoxy) is 1. The summed E-state index contributed by atoms with van der Waals surface area (Å²) in [5.41, 5.74) is 1.09. The van der Waals surface area contributed by atoms with E-state index in [0.717, 1.165) is 30.6 Å². The predicted molar refractivity (Wildman–Crippen MR) is 95.3 cm³/mol. The SMILES string of the molecule is CCC1(CO)CCN(C(=O)NCC(C)Oc2ccccc2C)CC1. The molecule has 1 aliphatic rings. The molecule has 134 valence electrons. The van der Waals surface area contributed by atoms with Gasteiger partial charge in [-0.05, 0) is 50.2 Å². The van der Waals surface area contributed by atoms with Crippen molar-refractivity contribution < 1.29 is 14.6 Å². The van der Waals surface area contributed by atoms with Crippen LogP contribution in [0.15, 0.2) is 24.3 Å². The van der Waals surface area contributed by atoms with Gasteiger partial charge in [-0.25, -0.2) is 4.79 Å². The number of carbonyl (C=O) groups is 1. The Labute approximate surface area is 145 Å². The average Bonchev–Trinajstić information content (AvgIpc) is 2.61. The molecule has 0 saturated carbocycles. The van der Waals surface area contributed by atoms with E-state index in [2.05, 4.69) is 12.2 Å². The number of nitrogens with zero attached hydrogens (tertiary/aromatic N) is 1. The predicted octanol–water partition coefficient (Wildman–Crippen LogP) is 2.96. The van der Waals surface area contributed by atoms with E-state index in [1.54, 1.807) is 0 Å². The smallest absolute Gasteiger partial charge is 0.317 e. The zero-order chi connectivity index (χ0) is 17.6. The fourth-order valence-corrected chi connectivity index (χ4v) is 3.10. The van der Waals surface area contributed by atoms with Crippen LogP contribution in [0, 0.1) is 12.3 Å². The maximum Gasteiger partial charge on any atom is 0.317 e. The third-order valence-electron chi connectivity index (χ3n) is 5.16. The van der Waals surface area contributed by atoms with E-state index in [0.29, 0.717) is 19.6 Å². The molecule has 2 N–H and O–H groups in total. The molecule has 2 amide bonds. The number of aliphatic hydroxyl groups is 1. The largest absolute Gasteiger partial charge is 0.489 e. The number of para-hydroxylation sites is 1. The number of aryl methyl sites for hydroxylation is 1. The molecule has 1 fully saturated rings. The van der Waals surface area contributed by atoms with E-state index in [-0.39, 0.29) is 24.2 Å². The van der Waals surface area contributed by atoms with Gasteiger partial charge in [0.2, 0.25) is 0 Å². The highest BCUT2D eigenvalue weighted by Crippen LogP contribution is 2.34. The molecule has 1 aromatic carbocycles. The van der Waals surface area contributed by atoms with Crippen molar-refractivity contribution in [3.8, 4) is 5.75 Å². The number of benzene rings is 1. The molecule has 5 nitrogen and oxygen atoms in total. The van der Waals surface area contributed by atoms with Crippen molar-refractivity contribution >= 4 is 6.03 Å². The molecule has 24 heavy (non-hydrogen) atoms. The van der Waals surface area contributed by atoms with E-state index in [4.69, 9.17) is 4.74 Å². The van der Waals surface area contributed by atoms with E-state index >= 15 is 0 Å². The summed E-state index contributed by atoms with van der Waals surface area (Å²) in [5, 5.41) is 12.5. The molecule has 0 aliphatic carbocycles. The van der Waals surface area contributed by atoms with E-state index in [1.165, 1.54) is 0 Å².